The van der Waals surface area contributed by atoms with Gasteiger partial charge in [-0.2, -0.15) is 0 Å². The molecule has 9 nitrogen and oxygen atoms in total. The van der Waals surface area contributed by atoms with E-state index in [0.29, 0.717) is 61.0 Å². The van der Waals surface area contributed by atoms with Crippen molar-refractivity contribution in [1.29, 1.82) is 0 Å². The molecule has 2 aromatic rings. The van der Waals surface area contributed by atoms with Crippen LogP contribution in [0.1, 0.15) is 52.0 Å². The normalized spacial score (nSPS) is 29.5. The van der Waals surface area contributed by atoms with E-state index in [0.717, 1.165) is 5.56 Å². The number of aliphatic hydroxyl groups excluding tert-OH is 1. The van der Waals surface area contributed by atoms with Gasteiger partial charge >= 0.3 is 0 Å². The summed E-state index contributed by atoms with van der Waals surface area (Å²) in [5.74, 6) is -1.93. The fraction of sp³-hybridized carbons (Fsp3) is 0.531. The number of unbranched alkanes of at least 4 members (excludes halogenated alkanes) is 2. The molecule has 0 aromatic heterocycles. The van der Waals surface area contributed by atoms with Crippen LogP contribution in [0.15, 0.2) is 42.5 Å². The van der Waals surface area contributed by atoms with Crippen LogP contribution in [-0.2, 0) is 19.1 Å². The van der Waals surface area contributed by atoms with E-state index in [-0.39, 0.29) is 30.2 Å². The Labute approximate surface area is 251 Å². The van der Waals surface area contributed by atoms with Crippen LogP contribution in [0, 0.1) is 24.7 Å². The van der Waals surface area contributed by atoms with Gasteiger partial charge in [0.15, 0.2) is 0 Å². The molecule has 3 N–H and O–H groups in total. The zero-order valence-electron chi connectivity index (χ0n) is 24.6. The first-order chi connectivity index (χ1) is 20.1. The molecule has 3 amide bonds. The van der Waals surface area contributed by atoms with Crippen molar-refractivity contribution < 1.29 is 29.0 Å². The Morgan fingerprint density at radius 2 is 1.86 bits per heavy atom. The first kappa shape index (κ1) is 30.3. The minimum atomic E-state index is -1.16. The Morgan fingerprint density at radius 1 is 1.12 bits per heavy atom. The molecular formula is C32H40ClN3O6. The minimum Gasteiger partial charge on any atom is -0.494 e. The lowest BCUT2D eigenvalue weighted by molar-refractivity contribution is -0.144. The molecule has 0 saturated carbocycles. The number of hydrogen-bond donors (Lipinski definition) is 3. The number of para-hydroxylation sites is 1. The molecule has 5 rings (SSSR count). The van der Waals surface area contributed by atoms with E-state index < -0.39 is 29.1 Å². The van der Waals surface area contributed by atoms with Crippen LogP contribution in [-0.4, -0.2) is 64.7 Å². The molecule has 3 unspecified atom stereocenters. The molecule has 3 saturated heterocycles. The summed E-state index contributed by atoms with van der Waals surface area (Å²) in [5, 5.41) is 15.7. The van der Waals surface area contributed by atoms with Gasteiger partial charge in [-0.05, 0) is 88.3 Å². The minimum absolute atomic E-state index is 0.0585. The van der Waals surface area contributed by atoms with E-state index in [1.807, 2.05) is 39.8 Å². The largest absolute Gasteiger partial charge is 0.494 e. The summed E-state index contributed by atoms with van der Waals surface area (Å²) < 4.78 is 12.3. The van der Waals surface area contributed by atoms with E-state index >= 15 is 0 Å². The number of benzene rings is 2. The van der Waals surface area contributed by atoms with E-state index in [9.17, 15) is 19.5 Å². The highest BCUT2D eigenvalue weighted by molar-refractivity contribution is 6.34. The first-order valence-corrected chi connectivity index (χ1v) is 15.2. The van der Waals surface area contributed by atoms with Crippen LogP contribution in [0.5, 0.6) is 5.75 Å². The topological polar surface area (TPSA) is 117 Å². The molecule has 2 bridgehead atoms. The van der Waals surface area contributed by atoms with Crippen molar-refractivity contribution in [1.82, 2.24) is 4.90 Å². The molecule has 3 heterocycles. The number of hydrogen-bond acceptors (Lipinski definition) is 6. The van der Waals surface area contributed by atoms with Crippen molar-refractivity contribution in [2.24, 2.45) is 17.8 Å². The fourth-order valence-corrected chi connectivity index (χ4v) is 7.52. The second-order valence-corrected chi connectivity index (χ2v) is 12.3. The van der Waals surface area contributed by atoms with E-state index in [1.54, 1.807) is 35.2 Å². The Balaban J connectivity index is 1.49. The van der Waals surface area contributed by atoms with Gasteiger partial charge in [0, 0.05) is 18.8 Å². The fourth-order valence-electron chi connectivity index (χ4n) is 7.25. The zero-order valence-corrected chi connectivity index (χ0v) is 25.4. The average Bonchev–Trinajstić information content (AvgIpc) is 3.46. The Morgan fingerprint density at radius 3 is 2.52 bits per heavy atom. The average molecular weight is 598 g/mol. The standard InChI is InChI=1S/C32H40ClN3O6/c1-5-41-22-14-12-21(13-15-22)34-28(38)24-25-30(40)36(16-7-6-8-17-37)27(32(25)18-20(3)31(24,4)42-32)29(39)35-26-19(2)10-9-11-23(26)33/h9-15,20,24-25,27,37H,5-8,16-18H2,1-4H3,(H,34,38)(H,35,39)/t20?,24-,25-,27?,31+,32?/m0/s1. The highest BCUT2D eigenvalue weighted by Gasteiger charge is 2.79. The van der Waals surface area contributed by atoms with Crippen LogP contribution in [0.2, 0.25) is 5.02 Å². The first-order valence-electron chi connectivity index (χ1n) is 14.8. The SMILES string of the molecule is CCOc1ccc(NC(=O)[C@@H]2[C@H]3C(=O)N(CCCCCO)C(C(=O)Nc4c(C)cccc4Cl)C34CC(C)[C@@]2(C)O4)cc1. The highest BCUT2D eigenvalue weighted by Crippen LogP contribution is 2.65. The summed E-state index contributed by atoms with van der Waals surface area (Å²) in [6.07, 6.45) is 2.39. The smallest absolute Gasteiger partial charge is 0.250 e. The molecular weight excluding hydrogens is 558 g/mol. The van der Waals surface area contributed by atoms with Gasteiger partial charge in [0.05, 0.1) is 34.8 Å². The zero-order chi connectivity index (χ0) is 30.2. The van der Waals surface area contributed by atoms with Gasteiger partial charge in [-0.1, -0.05) is 30.7 Å². The Kier molecular flexibility index (Phi) is 8.56. The number of nitrogens with one attached hydrogen (secondary N) is 2. The van der Waals surface area contributed by atoms with Gasteiger partial charge in [0.25, 0.3) is 0 Å². The molecule has 226 valence electrons. The van der Waals surface area contributed by atoms with E-state index in [1.165, 1.54) is 0 Å². The summed E-state index contributed by atoms with van der Waals surface area (Å²) in [6.45, 7) is 8.58. The summed E-state index contributed by atoms with van der Waals surface area (Å²) in [4.78, 5) is 44.0. The molecule has 3 aliphatic rings. The quantitative estimate of drug-likeness (QED) is 0.321. The summed E-state index contributed by atoms with van der Waals surface area (Å²) in [7, 11) is 0. The molecule has 2 aromatic carbocycles. The summed E-state index contributed by atoms with van der Waals surface area (Å²) >= 11 is 6.46. The van der Waals surface area contributed by atoms with Gasteiger partial charge in [0.1, 0.15) is 17.4 Å². The highest BCUT2D eigenvalue weighted by atomic mass is 35.5. The maximum atomic E-state index is 14.3. The third-order valence-electron chi connectivity index (χ3n) is 9.31. The number of ether oxygens (including phenoxy) is 2. The van der Waals surface area contributed by atoms with Gasteiger partial charge in [-0.15, -0.1) is 0 Å². The molecule has 0 aliphatic carbocycles. The second kappa shape index (κ2) is 11.9. The number of anilines is 2. The van der Waals surface area contributed by atoms with Crippen molar-refractivity contribution in [2.75, 3.05) is 30.4 Å². The number of carbonyl (C=O) groups is 3. The van der Waals surface area contributed by atoms with Crippen LogP contribution >= 0.6 is 11.6 Å². The molecule has 10 heteroatoms. The molecule has 3 fully saturated rings. The van der Waals surface area contributed by atoms with Crippen molar-refractivity contribution in [3.05, 3.63) is 53.1 Å². The number of rotatable bonds is 11. The molecule has 1 spiro atoms. The number of aliphatic hydroxyl groups is 1. The second-order valence-electron chi connectivity index (χ2n) is 11.9. The van der Waals surface area contributed by atoms with Gasteiger partial charge in [0.2, 0.25) is 17.7 Å². The monoisotopic (exact) mass is 597 g/mol. The predicted octanol–water partition coefficient (Wildman–Crippen LogP) is 4.80. The number of nitrogens with zero attached hydrogens (tertiary/aromatic N) is 1. The number of aryl methyl sites for hydroxylation is 1. The van der Waals surface area contributed by atoms with Crippen LogP contribution in [0.3, 0.4) is 0 Å². The van der Waals surface area contributed by atoms with Crippen LogP contribution < -0.4 is 15.4 Å². The lowest BCUT2D eigenvalue weighted by atomic mass is 9.62. The van der Waals surface area contributed by atoms with Gasteiger partial charge < -0.3 is 30.1 Å². The molecule has 42 heavy (non-hydrogen) atoms. The number of amides is 3. The maximum absolute atomic E-state index is 14.3. The van der Waals surface area contributed by atoms with Gasteiger partial charge in [-0.25, -0.2) is 0 Å². The number of fused-ring (bicyclic) bond motifs is 1. The number of halogens is 1. The summed E-state index contributed by atoms with van der Waals surface area (Å²) in [6, 6.07) is 11.5. The third kappa shape index (κ3) is 5.05. The summed E-state index contributed by atoms with van der Waals surface area (Å²) in [5.41, 5.74) is -0.215. The van der Waals surface area contributed by atoms with E-state index in [2.05, 4.69) is 10.6 Å². The van der Waals surface area contributed by atoms with Crippen molar-refractivity contribution in [2.45, 2.75) is 70.6 Å². The molecule has 3 aliphatic heterocycles. The van der Waals surface area contributed by atoms with Gasteiger partial charge in [-0.3, -0.25) is 14.4 Å². The Bertz CT molecular complexity index is 1330. The maximum Gasteiger partial charge on any atom is 0.250 e. The predicted molar refractivity (Wildman–Crippen MR) is 160 cm³/mol. The third-order valence-corrected chi connectivity index (χ3v) is 9.62. The number of likely N-dealkylation sites (tertiary alicyclic amines) is 1. The van der Waals surface area contributed by atoms with Crippen molar-refractivity contribution in [3.8, 4) is 5.75 Å². The Hall–Kier alpha value is -3.14. The van der Waals surface area contributed by atoms with Crippen molar-refractivity contribution >= 4 is 40.7 Å². The van der Waals surface area contributed by atoms with Crippen LogP contribution in [0.4, 0.5) is 11.4 Å². The lowest BCUT2D eigenvalue weighted by Gasteiger charge is -2.36. The molecule has 6 atom stereocenters. The van der Waals surface area contributed by atoms with E-state index in [4.69, 9.17) is 21.1 Å². The molecule has 0 radical (unpaired) electrons. The number of carbonyl (C=O) groups excluding carboxylic acids is 3. The van der Waals surface area contributed by atoms with Crippen molar-refractivity contribution in [3.63, 3.8) is 0 Å². The van der Waals surface area contributed by atoms with Crippen LogP contribution in [0.25, 0.3) is 0 Å². The lowest BCUT2D eigenvalue weighted by Crippen LogP contribution is -2.54.